The fourth-order valence-electron chi connectivity index (χ4n) is 2.36. The zero-order valence-corrected chi connectivity index (χ0v) is 16.1. The van der Waals surface area contributed by atoms with E-state index in [1.54, 1.807) is 24.3 Å². The molecule has 0 radical (unpaired) electrons. The Hall–Kier alpha value is -2.70. The molecule has 0 aliphatic rings. The molecule has 0 bridgehead atoms. The van der Waals surface area contributed by atoms with Crippen molar-refractivity contribution in [1.29, 1.82) is 0 Å². The Morgan fingerprint density at radius 2 is 1.79 bits per heavy atom. The molecule has 29 heavy (non-hydrogen) atoms. The van der Waals surface area contributed by atoms with Gasteiger partial charge in [-0.2, -0.15) is 17.9 Å². The van der Waals surface area contributed by atoms with Crippen molar-refractivity contribution in [2.75, 3.05) is 18.4 Å². The maximum atomic E-state index is 12.8. The fraction of sp³-hybridized carbons (Fsp3) is 0.188. The molecule has 0 saturated carbocycles. The molecule has 3 aromatic rings. The number of nitrogens with zero attached hydrogens (tertiary/aromatic N) is 4. The van der Waals surface area contributed by atoms with Crippen LogP contribution in [-0.4, -0.2) is 41.7 Å². The van der Waals surface area contributed by atoms with E-state index in [0.717, 1.165) is 6.07 Å². The van der Waals surface area contributed by atoms with Crippen LogP contribution in [0.25, 0.3) is 5.69 Å². The van der Waals surface area contributed by atoms with Crippen LogP contribution in [0.3, 0.4) is 0 Å². The smallest absolute Gasteiger partial charge is 0.351 e. The molecule has 154 valence electrons. The summed E-state index contributed by atoms with van der Waals surface area (Å²) in [6, 6.07) is 11.1. The van der Waals surface area contributed by atoms with Gasteiger partial charge in [-0.1, -0.05) is 34.9 Å². The molecule has 0 aliphatic carbocycles. The topological polar surface area (TPSA) is 102 Å². The molecule has 0 atom stereocenters. The lowest BCUT2D eigenvalue weighted by Gasteiger charge is -2.12. The van der Waals surface area contributed by atoms with Gasteiger partial charge in [0.25, 0.3) is 0 Å². The number of benzene rings is 2. The van der Waals surface area contributed by atoms with Gasteiger partial charge in [0.2, 0.25) is 16.0 Å². The molecular weight excluding hydrogens is 433 g/mol. The minimum absolute atomic E-state index is 0.0724. The van der Waals surface area contributed by atoms with E-state index in [2.05, 4.69) is 25.6 Å². The molecular formula is C16H14ClF3N6O2S. The number of tetrazole rings is 1. The Bertz CT molecular complexity index is 1090. The lowest BCUT2D eigenvalue weighted by molar-refractivity contribution is -0.137. The maximum absolute atomic E-state index is 12.8. The largest absolute Gasteiger partial charge is 0.416 e. The summed E-state index contributed by atoms with van der Waals surface area (Å²) < 4.78 is 66.8. The lowest BCUT2D eigenvalue weighted by atomic mass is 10.2. The monoisotopic (exact) mass is 446 g/mol. The second-order valence-electron chi connectivity index (χ2n) is 5.72. The maximum Gasteiger partial charge on any atom is 0.416 e. The van der Waals surface area contributed by atoms with Gasteiger partial charge in [-0.05, 0) is 40.8 Å². The van der Waals surface area contributed by atoms with Gasteiger partial charge >= 0.3 is 6.18 Å². The second kappa shape index (κ2) is 8.35. The number of anilines is 1. The van der Waals surface area contributed by atoms with E-state index in [0.29, 0.717) is 17.8 Å². The van der Waals surface area contributed by atoms with E-state index in [-0.39, 0.29) is 24.1 Å². The Kier molecular flexibility index (Phi) is 6.05. The Morgan fingerprint density at radius 1 is 1.07 bits per heavy atom. The molecule has 3 rings (SSSR count). The van der Waals surface area contributed by atoms with Crippen molar-refractivity contribution in [2.45, 2.75) is 11.1 Å². The third kappa shape index (κ3) is 5.02. The van der Waals surface area contributed by atoms with Crippen molar-refractivity contribution in [1.82, 2.24) is 24.9 Å². The summed E-state index contributed by atoms with van der Waals surface area (Å²) in [6.07, 6.45) is -4.69. The second-order valence-corrected chi connectivity index (χ2v) is 7.86. The van der Waals surface area contributed by atoms with E-state index in [4.69, 9.17) is 11.6 Å². The van der Waals surface area contributed by atoms with Crippen molar-refractivity contribution in [3.05, 3.63) is 59.1 Å². The number of sulfonamides is 1. The van der Waals surface area contributed by atoms with Crippen LogP contribution in [0.5, 0.6) is 0 Å². The normalized spacial score (nSPS) is 12.1. The van der Waals surface area contributed by atoms with Crippen LogP contribution in [0, 0.1) is 0 Å². The number of nitrogens with one attached hydrogen (secondary N) is 2. The van der Waals surface area contributed by atoms with Crippen LogP contribution in [0.4, 0.5) is 19.1 Å². The number of halogens is 4. The zero-order valence-electron chi connectivity index (χ0n) is 14.6. The molecule has 0 fully saturated rings. The van der Waals surface area contributed by atoms with Crippen molar-refractivity contribution < 1.29 is 21.6 Å². The highest BCUT2D eigenvalue weighted by Gasteiger charge is 2.32. The van der Waals surface area contributed by atoms with Crippen LogP contribution < -0.4 is 10.0 Å². The molecule has 13 heteroatoms. The van der Waals surface area contributed by atoms with E-state index >= 15 is 0 Å². The quantitative estimate of drug-likeness (QED) is 0.541. The van der Waals surface area contributed by atoms with Crippen LogP contribution >= 0.6 is 11.6 Å². The predicted molar refractivity (Wildman–Crippen MR) is 99.3 cm³/mol. The predicted octanol–water partition coefficient (Wildman–Crippen LogP) is 2.72. The van der Waals surface area contributed by atoms with E-state index in [9.17, 15) is 21.6 Å². The van der Waals surface area contributed by atoms with Gasteiger partial charge < -0.3 is 5.32 Å². The molecule has 0 spiro atoms. The molecule has 1 heterocycles. The van der Waals surface area contributed by atoms with Gasteiger partial charge in [-0.25, -0.2) is 13.1 Å². The number of rotatable bonds is 7. The summed E-state index contributed by atoms with van der Waals surface area (Å²) in [5.74, 6) is 0.271. The Morgan fingerprint density at radius 3 is 2.48 bits per heavy atom. The van der Waals surface area contributed by atoms with Gasteiger partial charge in [0, 0.05) is 13.1 Å². The minimum Gasteiger partial charge on any atom is -0.351 e. The minimum atomic E-state index is -4.69. The van der Waals surface area contributed by atoms with E-state index in [1.807, 2.05) is 6.07 Å². The molecule has 8 nitrogen and oxygen atoms in total. The summed E-state index contributed by atoms with van der Waals surface area (Å²) in [5.41, 5.74) is -0.418. The third-order valence-electron chi connectivity index (χ3n) is 3.72. The van der Waals surface area contributed by atoms with Crippen molar-refractivity contribution in [3.63, 3.8) is 0 Å². The Labute approximate surface area is 168 Å². The molecule has 0 aliphatic heterocycles. The molecule has 2 aromatic carbocycles. The molecule has 2 N–H and O–H groups in total. The summed E-state index contributed by atoms with van der Waals surface area (Å²) in [5, 5.41) is 13.7. The number of hydrogen-bond donors (Lipinski definition) is 2. The number of hydrogen-bond acceptors (Lipinski definition) is 6. The SMILES string of the molecule is O=S(=O)(NCCNc1nnnn1-c1ccccc1)c1cc(C(F)(F)F)ccc1Cl. The highest BCUT2D eigenvalue weighted by molar-refractivity contribution is 7.89. The highest BCUT2D eigenvalue weighted by atomic mass is 35.5. The number of alkyl halides is 3. The fourth-order valence-corrected chi connectivity index (χ4v) is 3.92. The zero-order chi connectivity index (χ0) is 21.1. The first kappa shape index (κ1) is 21.0. The first-order valence-electron chi connectivity index (χ1n) is 8.12. The summed E-state index contributed by atoms with van der Waals surface area (Å²) in [7, 11) is -4.26. The van der Waals surface area contributed by atoms with Crippen LogP contribution in [-0.2, 0) is 16.2 Å². The molecule has 0 unspecified atom stereocenters. The summed E-state index contributed by atoms with van der Waals surface area (Å²) in [6.45, 7) is -0.0699. The van der Waals surface area contributed by atoms with Gasteiger partial charge in [0.1, 0.15) is 4.90 Å². The van der Waals surface area contributed by atoms with Crippen LogP contribution in [0.1, 0.15) is 5.56 Å². The standard InChI is InChI=1S/C16H14ClF3N6O2S/c17-13-7-6-11(16(18,19)20)10-14(13)29(27,28)22-9-8-21-15-23-24-25-26(15)12-4-2-1-3-5-12/h1-7,10,22H,8-9H2,(H,21,23,25). The van der Waals surface area contributed by atoms with E-state index < -0.39 is 26.7 Å². The van der Waals surface area contributed by atoms with Gasteiger partial charge in [-0.15, -0.1) is 0 Å². The van der Waals surface area contributed by atoms with Gasteiger partial charge in [0.05, 0.1) is 16.3 Å². The van der Waals surface area contributed by atoms with E-state index in [1.165, 1.54) is 4.68 Å². The van der Waals surface area contributed by atoms with Crippen LogP contribution in [0.2, 0.25) is 5.02 Å². The number of para-hydroxylation sites is 1. The third-order valence-corrected chi connectivity index (χ3v) is 5.66. The van der Waals surface area contributed by atoms with Crippen molar-refractivity contribution in [3.8, 4) is 5.69 Å². The highest BCUT2D eigenvalue weighted by Crippen LogP contribution is 2.33. The van der Waals surface area contributed by atoms with Gasteiger partial charge in [-0.3, -0.25) is 0 Å². The Balaban J connectivity index is 1.65. The summed E-state index contributed by atoms with van der Waals surface area (Å²) in [4.78, 5) is -0.650. The molecule has 1 aromatic heterocycles. The van der Waals surface area contributed by atoms with Crippen molar-refractivity contribution >= 4 is 27.6 Å². The number of aromatic nitrogens is 4. The summed E-state index contributed by atoms with van der Waals surface area (Å²) >= 11 is 5.78. The lowest BCUT2D eigenvalue weighted by Crippen LogP contribution is -2.29. The first-order chi connectivity index (χ1) is 13.7. The molecule has 0 amide bonds. The average Bonchev–Trinajstić information content (AvgIpc) is 3.14. The van der Waals surface area contributed by atoms with Crippen molar-refractivity contribution in [2.24, 2.45) is 0 Å². The van der Waals surface area contributed by atoms with Crippen LogP contribution in [0.15, 0.2) is 53.4 Å². The molecule has 0 saturated heterocycles. The van der Waals surface area contributed by atoms with Gasteiger partial charge in [0.15, 0.2) is 0 Å². The first-order valence-corrected chi connectivity index (χ1v) is 9.99. The average molecular weight is 447 g/mol.